The highest BCUT2D eigenvalue weighted by Gasteiger charge is 2.31. The Hall–Kier alpha value is 0.0200. The van der Waals surface area contributed by atoms with Crippen LogP contribution in [0.25, 0.3) is 0 Å². The zero-order valence-corrected chi connectivity index (χ0v) is 8.03. The van der Waals surface area contributed by atoms with E-state index in [9.17, 15) is 0 Å². The molecule has 2 aliphatic heterocycles. The normalized spacial score (nSPS) is 43.5. The first kappa shape index (κ1) is 7.66. The van der Waals surface area contributed by atoms with E-state index in [0.717, 1.165) is 11.2 Å². The highest BCUT2D eigenvalue weighted by atomic mass is 32.2. The molecule has 2 heteroatoms. The second-order valence-electron chi connectivity index (χ2n) is 3.75. The van der Waals surface area contributed by atoms with Crippen LogP contribution in [0.3, 0.4) is 0 Å². The predicted molar refractivity (Wildman–Crippen MR) is 51.3 cm³/mol. The lowest BCUT2D eigenvalue weighted by molar-refractivity contribution is 0.499. The van der Waals surface area contributed by atoms with Crippen LogP contribution in [0.2, 0.25) is 0 Å². The third kappa shape index (κ3) is 1.46. The largest absolute Gasteiger partial charge is 0.280 e. The van der Waals surface area contributed by atoms with Crippen LogP contribution in [0.1, 0.15) is 33.1 Å². The SMILES string of the molecule is CC1CCC2CC(C)SC2=N1. The van der Waals surface area contributed by atoms with Crippen LogP contribution in [-0.2, 0) is 0 Å². The molecule has 0 aromatic carbocycles. The van der Waals surface area contributed by atoms with Crippen LogP contribution in [-0.4, -0.2) is 16.3 Å². The van der Waals surface area contributed by atoms with E-state index in [1.54, 1.807) is 0 Å². The average molecular weight is 169 g/mol. The maximum Gasteiger partial charge on any atom is 0.0713 e. The smallest absolute Gasteiger partial charge is 0.0713 e. The molecule has 1 nitrogen and oxygen atoms in total. The minimum atomic E-state index is 0.596. The van der Waals surface area contributed by atoms with Gasteiger partial charge in [0.15, 0.2) is 0 Å². The molecule has 0 aromatic rings. The zero-order chi connectivity index (χ0) is 7.84. The number of thioether (sulfide) groups is 1. The first-order valence-corrected chi connectivity index (χ1v) is 5.38. The van der Waals surface area contributed by atoms with Gasteiger partial charge in [-0.05, 0) is 26.2 Å². The van der Waals surface area contributed by atoms with Gasteiger partial charge in [-0.2, -0.15) is 0 Å². The Morgan fingerprint density at radius 1 is 1.36 bits per heavy atom. The van der Waals surface area contributed by atoms with Crippen molar-refractivity contribution in [3.05, 3.63) is 0 Å². The second-order valence-corrected chi connectivity index (χ2v) is 5.21. The van der Waals surface area contributed by atoms with E-state index in [1.807, 2.05) is 11.8 Å². The van der Waals surface area contributed by atoms with Crippen LogP contribution in [0.4, 0.5) is 0 Å². The van der Waals surface area contributed by atoms with E-state index >= 15 is 0 Å². The quantitative estimate of drug-likeness (QED) is 0.543. The Morgan fingerprint density at radius 3 is 3.00 bits per heavy atom. The van der Waals surface area contributed by atoms with Crippen LogP contribution in [0, 0.1) is 5.92 Å². The maximum absolute atomic E-state index is 4.67. The molecule has 0 saturated carbocycles. The molecule has 0 N–H and O–H groups in total. The summed E-state index contributed by atoms with van der Waals surface area (Å²) in [6, 6.07) is 0.596. The summed E-state index contributed by atoms with van der Waals surface area (Å²) in [6.45, 7) is 4.54. The lowest BCUT2D eigenvalue weighted by atomic mass is 9.94. The maximum atomic E-state index is 4.67. The highest BCUT2D eigenvalue weighted by Crippen LogP contribution is 2.39. The molecule has 2 aliphatic rings. The molecule has 0 aliphatic carbocycles. The van der Waals surface area contributed by atoms with Crippen LogP contribution in [0.5, 0.6) is 0 Å². The Balaban J connectivity index is 2.14. The Bertz CT molecular complexity index is 188. The zero-order valence-electron chi connectivity index (χ0n) is 7.21. The lowest BCUT2D eigenvalue weighted by Crippen LogP contribution is -2.16. The summed E-state index contributed by atoms with van der Waals surface area (Å²) in [6.07, 6.45) is 4.06. The number of hydrogen-bond donors (Lipinski definition) is 0. The summed E-state index contributed by atoms with van der Waals surface area (Å²) in [4.78, 5) is 4.67. The van der Waals surface area contributed by atoms with Gasteiger partial charge in [-0.1, -0.05) is 6.92 Å². The van der Waals surface area contributed by atoms with Crippen molar-refractivity contribution < 1.29 is 0 Å². The highest BCUT2D eigenvalue weighted by molar-refractivity contribution is 8.14. The fourth-order valence-electron chi connectivity index (χ4n) is 1.95. The predicted octanol–water partition coefficient (Wildman–Crippen LogP) is 2.71. The third-order valence-corrected chi connectivity index (χ3v) is 3.84. The van der Waals surface area contributed by atoms with Crippen molar-refractivity contribution in [3.8, 4) is 0 Å². The molecule has 3 unspecified atom stereocenters. The molecule has 1 fully saturated rings. The number of fused-ring (bicyclic) bond motifs is 1. The standard InChI is InChI=1S/C9H15NS/c1-6-3-4-8-5-7(2)11-9(8)10-6/h6-8H,3-5H2,1-2H3. The Labute approximate surface area is 72.7 Å². The monoisotopic (exact) mass is 169 g/mol. The molecule has 0 bridgehead atoms. The fraction of sp³-hybridized carbons (Fsp3) is 0.889. The van der Waals surface area contributed by atoms with Crippen molar-refractivity contribution in [1.82, 2.24) is 0 Å². The van der Waals surface area contributed by atoms with Crippen molar-refractivity contribution in [3.63, 3.8) is 0 Å². The van der Waals surface area contributed by atoms with Gasteiger partial charge in [-0.15, -0.1) is 11.8 Å². The topological polar surface area (TPSA) is 12.4 Å². The van der Waals surface area contributed by atoms with Gasteiger partial charge >= 0.3 is 0 Å². The van der Waals surface area contributed by atoms with E-state index in [4.69, 9.17) is 0 Å². The van der Waals surface area contributed by atoms with E-state index in [-0.39, 0.29) is 0 Å². The van der Waals surface area contributed by atoms with Crippen LogP contribution >= 0.6 is 11.8 Å². The average Bonchev–Trinajstić information content (AvgIpc) is 2.27. The van der Waals surface area contributed by atoms with Gasteiger partial charge < -0.3 is 0 Å². The minimum absolute atomic E-state index is 0.596. The molecular formula is C9H15NS. The van der Waals surface area contributed by atoms with Gasteiger partial charge in [0.25, 0.3) is 0 Å². The summed E-state index contributed by atoms with van der Waals surface area (Å²) >= 11 is 2.00. The van der Waals surface area contributed by atoms with Crippen molar-refractivity contribution in [2.24, 2.45) is 10.9 Å². The van der Waals surface area contributed by atoms with Gasteiger partial charge in [-0.25, -0.2) is 0 Å². The molecular weight excluding hydrogens is 154 g/mol. The third-order valence-electron chi connectivity index (χ3n) is 2.57. The summed E-state index contributed by atoms with van der Waals surface area (Å²) in [5.41, 5.74) is 0. The molecule has 0 spiro atoms. The van der Waals surface area contributed by atoms with Crippen molar-refractivity contribution in [2.75, 3.05) is 0 Å². The van der Waals surface area contributed by atoms with Gasteiger partial charge in [0.1, 0.15) is 0 Å². The summed E-state index contributed by atoms with van der Waals surface area (Å²) < 4.78 is 0. The first-order chi connectivity index (χ1) is 5.25. The first-order valence-electron chi connectivity index (χ1n) is 4.50. The number of nitrogens with zero attached hydrogens (tertiary/aromatic N) is 1. The van der Waals surface area contributed by atoms with Gasteiger partial charge in [-0.3, -0.25) is 4.99 Å². The Morgan fingerprint density at radius 2 is 2.18 bits per heavy atom. The molecule has 0 radical (unpaired) electrons. The van der Waals surface area contributed by atoms with Gasteiger partial charge in [0.05, 0.1) is 5.04 Å². The van der Waals surface area contributed by atoms with Crippen LogP contribution < -0.4 is 0 Å². The van der Waals surface area contributed by atoms with Crippen molar-refractivity contribution >= 4 is 16.8 Å². The van der Waals surface area contributed by atoms with Crippen molar-refractivity contribution in [2.45, 2.75) is 44.4 Å². The molecule has 62 valence electrons. The Kier molecular flexibility index (Phi) is 1.96. The van der Waals surface area contributed by atoms with E-state index in [2.05, 4.69) is 18.8 Å². The number of hydrogen-bond acceptors (Lipinski definition) is 2. The minimum Gasteiger partial charge on any atom is -0.280 e. The second kappa shape index (κ2) is 2.81. The molecule has 3 atom stereocenters. The number of aliphatic imine (C=N–C) groups is 1. The fourth-order valence-corrected chi connectivity index (χ4v) is 3.34. The summed E-state index contributed by atoms with van der Waals surface area (Å²) in [7, 11) is 0. The van der Waals surface area contributed by atoms with Crippen molar-refractivity contribution in [1.29, 1.82) is 0 Å². The van der Waals surface area contributed by atoms with Gasteiger partial charge in [0.2, 0.25) is 0 Å². The molecule has 1 saturated heterocycles. The lowest BCUT2D eigenvalue weighted by Gasteiger charge is -2.19. The van der Waals surface area contributed by atoms with Crippen LogP contribution in [0.15, 0.2) is 4.99 Å². The molecule has 0 aromatic heterocycles. The van der Waals surface area contributed by atoms with E-state index in [0.29, 0.717) is 6.04 Å². The van der Waals surface area contributed by atoms with E-state index < -0.39 is 0 Å². The molecule has 2 rings (SSSR count). The van der Waals surface area contributed by atoms with E-state index in [1.165, 1.54) is 24.3 Å². The molecule has 0 amide bonds. The molecule has 11 heavy (non-hydrogen) atoms. The summed E-state index contributed by atoms with van der Waals surface area (Å²) in [5, 5.41) is 2.28. The molecule has 2 heterocycles. The van der Waals surface area contributed by atoms with Gasteiger partial charge in [0, 0.05) is 17.2 Å². The number of rotatable bonds is 0. The summed E-state index contributed by atoms with van der Waals surface area (Å²) in [5.74, 6) is 0.839.